The summed E-state index contributed by atoms with van der Waals surface area (Å²) in [5.74, 6) is 1.47. The highest BCUT2D eigenvalue weighted by Gasteiger charge is 2.25. The topological polar surface area (TPSA) is 39.4 Å². The zero-order valence-corrected chi connectivity index (χ0v) is 11.9. The molecule has 0 saturated carbocycles. The van der Waals surface area contributed by atoms with Crippen LogP contribution in [0.25, 0.3) is 5.65 Å². The quantitative estimate of drug-likeness (QED) is 0.717. The lowest BCUT2D eigenvalue weighted by Crippen LogP contribution is -2.17. The molecule has 1 aliphatic carbocycles. The van der Waals surface area contributed by atoms with E-state index in [0.29, 0.717) is 5.92 Å². The van der Waals surface area contributed by atoms with Gasteiger partial charge in [0, 0.05) is 0 Å². The normalized spacial score (nSPS) is 21.2. The van der Waals surface area contributed by atoms with Gasteiger partial charge in [0.25, 0.3) is 0 Å². The van der Waals surface area contributed by atoms with Gasteiger partial charge in [0.1, 0.15) is 18.2 Å². The van der Waals surface area contributed by atoms with Crippen LogP contribution in [0.1, 0.15) is 42.9 Å². The Morgan fingerprint density at radius 1 is 1.10 bits per heavy atom. The SMILES string of the molecule is C[C@H]1CCC(Oc2ccc3nncn3c2)c2ccccc21. The molecule has 0 aliphatic heterocycles. The lowest BCUT2D eigenvalue weighted by atomic mass is 9.82. The molecule has 3 aromatic rings. The molecule has 4 rings (SSSR count). The molecule has 0 saturated heterocycles. The molecule has 0 radical (unpaired) electrons. The van der Waals surface area contributed by atoms with Gasteiger partial charge in [0.15, 0.2) is 5.65 Å². The largest absolute Gasteiger partial charge is 0.484 e. The predicted octanol–water partition coefficient (Wildman–Crippen LogP) is 3.75. The van der Waals surface area contributed by atoms with Crippen molar-refractivity contribution >= 4 is 5.65 Å². The van der Waals surface area contributed by atoms with E-state index in [4.69, 9.17) is 4.74 Å². The summed E-state index contributed by atoms with van der Waals surface area (Å²) in [6.45, 7) is 2.29. The second-order valence-corrected chi connectivity index (χ2v) is 5.68. The van der Waals surface area contributed by atoms with E-state index >= 15 is 0 Å². The third-order valence-corrected chi connectivity index (χ3v) is 4.28. The van der Waals surface area contributed by atoms with Gasteiger partial charge in [-0.25, -0.2) is 0 Å². The Morgan fingerprint density at radius 3 is 2.86 bits per heavy atom. The fourth-order valence-electron chi connectivity index (χ4n) is 3.13. The molecule has 0 bridgehead atoms. The fourth-order valence-corrected chi connectivity index (χ4v) is 3.13. The first-order valence-corrected chi connectivity index (χ1v) is 7.36. The van der Waals surface area contributed by atoms with Gasteiger partial charge in [0.05, 0.1) is 6.20 Å². The molecule has 106 valence electrons. The van der Waals surface area contributed by atoms with E-state index < -0.39 is 0 Å². The number of fused-ring (bicyclic) bond motifs is 2. The molecule has 21 heavy (non-hydrogen) atoms. The summed E-state index contributed by atoms with van der Waals surface area (Å²) < 4.78 is 8.11. The van der Waals surface area contributed by atoms with Crippen molar-refractivity contribution in [2.75, 3.05) is 0 Å². The van der Waals surface area contributed by atoms with Gasteiger partial charge < -0.3 is 4.74 Å². The van der Waals surface area contributed by atoms with Crippen LogP contribution in [0.2, 0.25) is 0 Å². The third-order valence-electron chi connectivity index (χ3n) is 4.28. The fraction of sp³-hybridized carbons (Fsp3) is 0.294. The summed E-state index contributed by atoms with van der Waals surface area (Å²) in [7, 11) is 0. The predicted molar refractivity (Wildman–Crippen MR) is 80.4 cm³/mol. The molecule has 0 N–H and O–H groups in total. The highest BCUT2D eigenvalue weighted by Crippen LogP contribution is 2.39. The smallest absolute Gasteiger partial charge is 0.160 e. The molecule has 1 unspecified atom stereocenters. The number of ether oxygens (including phenoxy) is 1. The van der Waals surface area contributed by atoms with Crippen molar-refractivity contribution in [3.8, 4) is 5.75 Å². The summed E-state index contributed by atoms with van der Waals surface area (Å²) in [6, 6.07) is 12.5. The van der Waals surface area contributed by atoms with Crippen molar-refractivity contribution in [2.45, 2.75) is 31.8 Å². The van der Waals surface area contributed by atoms with Gasteiger partial charge in [-0.3, -0.25) is 4.40 Å². The second kappa shape index (κ2) is 4.88. The molecule has 4 nitrogen and oxygen atoms in total. The first-order valence-electron chi connectivity index (χ1n) is 7.36. The van der Waals surface area contributed by atoms with Gasteiger partial charge in [-0.1, -0.05) is 31.2 Å². The zero-order chi connectivity index (χ0) is 14.2. The van der Waals surface area contributed by atoms with Gasteiger partial charge in [0.2, 0.25) is 0 Å². The lowest BCUT2D eigenvalue weighted by Gasteiger charge is -2.30. The van der Waals surface area contributed by atoms with Crippen molar-refractivity contribution in [3.63, 3.8) is 0 Å². The second-order valence-electron chi connectivity index (χ2n) is 5.68. The summed E-state index contributed by atoms with van der Waals surface area (Å²) >= 11 is 0. The number of pyridine rings is 1. The average molecular weight is 279 g/mol. The van der Waals surface area contributed by atoms with Crippen molar-refractivity contribution in [1.29, 1.82) is 0 Å². The molecule has 2 aromatic heterocycles. The molecule has 1 aliphatic rings. The van der Waals surface area contributed by atoms with Crippen LogP contribution in [0.15, 0.2) is 48.9 Å². The van der Waals surface area contributed by atoms with E-state index in [1.54, 1.807) is 6.33 Å². The first kappa shape index (κ1) is 12.4. The molecular formula is C17H17N3O. The van der Waals surface area contributed by atoms with E-state index in [-0.39, 0.29) is 6.10 Å². The maximum absolute atomic E-state index is 6.23. The summed E-state index contributed by atoms with van der Waals surface area (Å²) in [4.78, 5) is 0. The van der Waals surface area contributed by atoms with Crippen LogP contribution in [0.4, 0.5) is 0 Å². The van der Waals surface area contributed by atoms with E-state index in [0.717, 1.165) is 24.2 Å². The minimum absolute atomic E-state index is 0.131. The molecule has 2 heterocycles. The monoisotopic (exact) mass is 279 g/mol. The van der Waals surface area contributed by atoms with E-state index in [2.05, 4.69) is 41.4 Å². The Balaban J connectivity index is 1.66. The molecular weight excluding hydrogens is 262 g/mol. The number of aromatic nitrogens is 3. The van der Waals surface area contributed by atoms with Crippen LogP contribution < -0.4 is 4.74 Å². The van der Waals surface area contributed by atoms with Crippen LogP contribution in [-0.4, -0.2) is 14.6 Å². The minimum Gasteiger partial charge on any atom is -0.484 e. The van der Waals surface area contributed by atoms with E-state index in [1.807, 2.05) is 22.7 Å². The molecule has 0 fully saturated rings. The van der Waals surface area contributed by atoms with Crippen LogP contribution in [0.3, 0.4) is 0 Å². The first-order chi connectivity index (χ1) is 10.3. The van der Waals surface area contributed by atoms with E-state index in [1.165, 1.54) is 11.1 Å². The molecule has 0 spiro atoms. The molecule has 0 amide bonds. The van der Waals surface area contributed by atoms with Crippen LogP contribution in [0.5, 0.6) is 5.75 Å². The number of benzene rings is 1. The Kier molecular flexibility index (Phi) is 2.88. The van der Waals surface area contributed by atoms with Crippen LogP contribution >= 0.6 is 0 Å². The van der Waals surface area contributed by atoms with Crippen LogP contribution in [-0.2, 0) is 0 Å². The minimum atomic E-state index is 0.131. The lowest BCUT2D eigenvalue weighted by molar-refractivity contribution is 0.177. The molecule has 4 heteroatoms. The Hall–Kier alpha value is -2.36. The average Bonchev–Trinajstić information content (AvgIpc) is 2.98. The Morgan fingerprint density at radius 2 is 1.95 bits per heavy atom. The highest BCUT2D eigenvalue weighted by atomic mass is 16.5. The standard InChI is InChI=1S/C17H17N3O/c1-12-6-8-16(15-5-3-2-4-14(12)15)21-13-7-9-17-19-18-11-20(17)10-13/h2-5,7,9-12,16H,6,8H2,1H3/t12-,16?/m0/s1. The number of nitrogens with zero attached hydrogens (tertiary/aromatic N) is 3. The summed E-state index contributed by atoms with van der Waals surface area (Å²) in [5.41, 5.74) is 3.57. The van der Waals surface area contributed by atoms with Crippen molar-refractivity contribution < 1.29 is 4.74 Å². The highest BCUT2D eigenvalue weighted by molar-refractivity contribution is 5.40. The van der Waals surface area contributed by atoms with Gasteiger partial charge >= 0.3 is 0 Å². The third kappa shape index (κ3) is 2.17. The van der Waals surface area contributed by atoms with Crippen molar-refractivity contribution in [1.82, 2.24) is 14.6 Å². The Labute approximate surface area is 123 Å². The van der Waals surface area contributed by atoms with Crippen LogP contribution in [0, 0.1) is 0 Å². The van der Waals surface area contributed by atoms with Gasteiger partial charge in [-0.05, 0) is 42.0 Å². The van der Waals surface area contributed by atoms with Gasteiger partial charge in [-0.2, -0.15) is 0 Å². The Bertz CT molecular complexity index is 780. The van der Waals surface area contributed by atoms with Gasteiger partial charge in [-0.15, -0.1) is 10.2 Å². The van der Waals surface area contributed by atoms with Crippen molar-refractivity contribution in [3.05, 3.63) is 60.0 Å². The summed E-state index contributed by atoms with van der Waals surface area (Å²) in [5, 5.41) is 7.90. The van der Waals surface area contributed by atoms with Crippen molar-refractivity contribution in [2.24, 2.45) is 0 Å². The number of rotatable bonds is 2. The number of hydrogen-bond donors (Lipinski definition) is 0. The molecule has 2 atom stereocenters. The molecule has 1 aromatic carbocycles. The van der Waals surface area contributed by atoms with E-state index in [9.17, 15) is 0 Å². The maximum Gasteiger partial charge on any atom is 0.160 e. The zero-order valence-electron chi connectivity index (χ0n) is 11.9. The number of hydrogen-bond acceptors (Lipinski definition) is 3. The summed E-state index contributed by atoms with van der Waals surface area (Å²) in [6.07, 6.45) is 5.98. The maximum atomic E-state index is 6.23.